The highest BCUT2D eigenvalue weighted by Crippen LogP contribution is 2.35. The smallest absolute Gasteiger partial charge is 0.369 e. The Hall–Kier alpha value is -3.64. The van der Waals surface area contributed by atoms with Crippen molar-refractivity contribution in [2.75, 3.05) is 5.32 Å². The summed E-state index contributed by atoms with van der Waals surface area (Å²) >= 11 is 0. The number of nitrogens with zero attached hydrogens (tertiary/aromatic N) is 1. The summed E-state index contributed by atoms with van der Waals surface area (Å²) in [6.45, 7) is 5.15. The first kappa shape index (κ1) is 24.0. The summed E-state index contributed by atoms with van der Waals surface area (Å²) in [4.78, 5) is 24.8. The van der Waals surface area contributed by atoms with Gasteiger partial charge in [-0.2, -0.15) is 13.2 Å². The van der Waals surface area contributed by atoms with Gasteiger partial charge in [-0.15, -0.1) is 5.92 Å². The number of anilines is 1. The number of fused-ring (bicyclic) bond motifs is 1. The Morgan fingerprint density at radius 3 is 2.39 bits per heavy atom. The average Bonchev–Trinajstić information content (AvgIpc) is 2.73. The third-order valence-corrected chi connectivity index (χ3v) is 5.20. The normalized spacial score (nSPS) is 13.7. The van der Waals surface area contributed by atoms with E-state index >= 15 is 0 Å². The molecule has 1 atom stereocenters. The molecule has 0 aliphatic rings. The van der Waals surface area contributed by atoms with Crippen molar-refractivity contribution >= 4 is 22.4 Å². The molecule has 1 aromatic heterocycles. The number of alkyl halides is 3. The van der Waals surface area contributed by atoms with Crippen molar-refractivity contribution in [3.8, 4) is 11.8 Å². The van der Waals surface area contributed by atoms with Crippen molar-refractivity contribution in [2.45, 2.75) is 44.4 Å². The zero-order valence-corrected chi connectivity index (χ0v) is 18.1. The van der Waals surface area contributed by atoms with Gasteiger partial charge in [-0.1, -0.05) is 55.3 Å². The van der Waals surface area contributed by atoms with Crippen LogP contribution in [0.4, 0.5) is 18.9 Å². The number of halogens is 3. The lowest BCUT2D eigenvalue weighted by Gasteiger charge is -2.32. The van der Waals surface area contributed by atoms with E-state index in [-0.39, 0.29) is 17.5 Å². The van der Waals surface area contributed by atoms with Gasteiger partial charge in [0.25, 0.3) is 5.91 Å². The number of carbonyl (C=O) groups excluding carboxylic acids is 1. The molecule has 6 nitrogen and oxygen atoms in total. The monoisotopic (exact) mass is 458 g/mol. The second-order valence-corrected chi connectivity index (χ2v) is 8.19. The largest absolute Gasteiger partial charge is 0.437 e. The van der Waals surface area contributed by atoms with E-state index in [1.54, 1.807) is 0 Å². The lowest BCUT2D eigenvalue weighted by molar-refractivity contribution is -0.142. The van der Waals surface area contributed by atoms with Gasteiger partial charge in [0.1, 0.15) is 0 Å². The number of amides is 1. The second kappa shape index (κ2) is 8.71. The highest BCUT2D eigenvalue weighted by molar-refractivity contribution is 6.01. The van der Waals surface area contributed by atoms with Crippen molar-refractivity contribution in [1.82, 2.24) is 5.16 Å². The highest BCUT2D eigenvalue weighted by Gasteiger charge is 2.41. The summed E-state index contributed by atoms with van der Waals surface area (Å²) < 4.78 is 44.2. The molecule has 1 heterocycles. The maximum atomic E-state index is 13.3. The SMILES string of the molecule is CC#CC(O)(CC(C)(C)c1ccccc1)C(=O)Nc1ccc2c(=O)onc(C(F)(F)F)c2c1. The van der Waals surface area contributed by atoms with Crippen LogP contribution in [0.15, 0.2) is 57.8 Å². The maximum Gasteiger partial charge on any atom is 0.437 e. The van der Waals surface area contributed by atoms with E-state index in [4.69, 9.17) is 0 Å². The summed E-state index contributed by atoms with van der Waals surface area (Å²) in [5, 5.41) is 15.5. The minimum atomic E-state index is -4.88. The molecule has 2 N–H and O–H groups in total. The summed E-state index contributed by atoms with van der Waals surface area (Å²) in [5.41, 5.74) is -4.45. The third kappa shape index (κ3) is 5.07. The number of hydrogen-bond donors (Lipinski definition) is 2. The maximum absolute atomic E-state index is 13.3. The fourth-order valence-electron chi connectivity index (χ4n) is 3.64. The lowest BCUT2D eigenvalue weighted by Crippen LogP contribution is -2.46. The Kier molecular flexibility index (Phi) is 6.34. The van der Waals surface area contributed by atoms with Crippen LogP contribution in [0.1, 0.15) is 38.4 Å². The molecule has 0 spiro atoms. The Bertz CT molecular complexity index is 1300. The number of benzene rings is 2. The first-order chi connectivity index (χ1) is 15.4. The fourth-order valence-corrected chi connectivity index (χ4v) is 3.64. The van der Waals surface area contributed by atoms with Gasteiger partial charge >= 0.3 is 11.8 Å². The molecular weight excluding hydrogens is 437 g/mol. The Balaban J connectivity index is 1.98. The molecule has 9 heteroatoms. The predicted molar refractivity (Wildman–Crippen MR) is 116 cm³/mol. The van der Waals surface area contributed by atoms with Crippen LogP contribution in [0.25, 0.3) is 10.8 Å². The van der Waals surface area contributed by atoms with Crippen molar-refractivity contribution in [3.05, 3.63) is 70.2 Å². The van der Waals surface area contributed by atoms with Crippen LogP contribution in [-0.4, -0.2) is 21.8 Å². The summed E-state index contributed by atoms with van der Waals surface area (Å²) in [6.07, 6.45) is -4.96. The van der Waals surface area contributed by atoms with Crippen LogP contribution >= 0.6 is 0 Å². The molecule has 1 unspecified atom stereocenters. The topological polar surface area (TPSA) is 92.4 Å². The zero-order valence-electron chi connectivity index (χ0n) is 18.1. The number of aromatic nitrogens is 1. The van der Waals surface area contributed by atoms with E-state index in [1.165, 1.54) is 13.0 Å². The molecular formula is C24H21F3N2O4. The van der Waals surface area contributed by atoms with Gasteiger partial charge in [0.15, 0.2) is 5.69 Å². The number of hydrogen-bond acceptors (Lipinski definition) is 5. The molecule has 2 aromatic carbocycles. The lowest BCUT2D eigenvalue weighted by atomic mass is 9.75. The average molecular weight is 458 g/mol. The van der Waals surface area contributed by atoms with E-state index < -0.39 is 39.8 Å². The van der Waals surface area contributed by atoms with Crippen molar-refractivity contribution in [2.24, 2.45) is 0 Å². The standard InChI is InChI=1S/C24H21F3N2O4/c1-4-12-23(32,14-22(2,3)15-8-6-5-7-9-15)21(31)28-16-10-11-17-18(13-16)19(24(25,26)27)29-33-20(17)30/h5-11,13,32H,14H2,1-3H3,(H,28,31). The predicted octanol–water partition coefficient (Wildman–Crippen LogP) is 4.27. The van der Waals surface area contributed by atoms with Crippen LogP contribution in [0, 0.1) is 11.8 Å². The zero-order chi connectivity index (χ0) is 24.4. The van der Waals surface area contributed by atoms with E-state index in [0.29, 0.717) is 0 Å². The fraction of sp³-hybridized carbons (Fsp3) is 0.292. The molecule has 0 saturated heterocycles. The Labute approximate surface area is 187 Å². The molecule has 0 aliphatic heterocycles. The molecule has 3 rings (SSSR count). The molecule has 33 heavy (non-hydrogen) atoms. The van der Waals surface area contributed by atoms with Gasteiger partial charge < -0.3 is 14.9 Å². The number of carbonyl (C=O) groups is 1. The van der Waals surface area contributed by atoms with Crippen molar-refractivity contribution in [3.63, 3.8) is 0 Å². The first-order valence-corrected chi connectivity index (χ1v) is 9.91. The highest BCUT2D eigenvalue weighted by atomic mass is 19.4. The number of rotatable bonds is 5. The van der Waals surface area contributed by atoms with Gasteiger partial charge in [0.05, 0.1) is 5.39 Å². The van der Waals surface area contributed by atoms with Gasteiger partial charge in [-0.3, -0.25) is 4.79 Å². The second-order valence-electron chi connectivity index (χ2n) is 8.19. The van der Waals surface area contributed by atoms with Gasteiger partial charge in [-0.25, -0.2) is 4.79 Å². The van der Waals surface area contributed by atoms with Crippen LogP contribution in [0.5, 0.6) is 0 Å². The minimum Gasteiger partial charge on any atom is -0.369 e. The van der Waals surface area contributed by atoms with Gasteiger partial charge in [-0.05, 0) is 36.1 Å². The molecule has 0 aliphatic carbocycles. The van der Waals surface area contributed by atoms with Crippen LogP contribution < -0.4 is 10.9 Å². The van der Waals surface area contributed by atoms with E-state index in [1.807, 2.05) is 44.2 Å². The quantitative estimate of drug-likeness (QED) is 0.557. The van der Waals surface area contributed by atoms with E-state index in [9.17, 15) is 27.9 Å². The molecule has 172 valence electrons. The third-order valence-electron chi connectivity index (χ3n) is 5.20. The summed E-state index contributed by atoms with van der Waals surface area (Å²) in [7, 11) is 0. The summed E-state index contributed by atoms with van der Waals surface area (Å²) in [6, 6.07) is 12.5. The first-order valence-electron chi connectivity index (χ1n) is 9.91. The van der Waals surface area contributed by atoms with Crippen LogP contribution in [0.3, 0.4) is 0 Å². The number of aliphatic hydroxyl groups is 1. The molecule has 0 bridgehead atoms. The molecule has 0 saturated carbocycles. The van der Waals surface area contributed by atoms with Crippen LogP contribution in [-0.2, 0) is 16.4 Å². The van der Waals surface area contributed by atoms with Crippen molar-refractivity contribution < 1.29 is 27.6 Å². The van der Waals surface area contributed by atoms with Gasteiger partial charge in [0.2, 0.25) is 5.60 Å². The van der Waals surface area contributed by atoms with Crippen molar-refractivity contribution in [1.29, 1.82) is 0 Å². The molecule has 1 amide bonds. The van der Waals surface area contributed by atoms with Crippen LogP contribution in [0.2, 0.25) is 0 Å². The van der Waals surface area contributed by atoms with E-state index in [0.717, 1.165) is 17.7 Å². The Morgan fingerprint density at radius 2 is 1.79 bits per heavy atom. The molecule has 3 aromatic rings. The van der Waals surface area contributed by atoms with E-state index in [2.05, 4.69) is 26.8 Å². The molecule has 0 fully saturated rings. The van der Waals surface area contributed by atoms with Gasteiger partial charge in [0, 0.05) is 17.5 Å². The minimum absolute atomic E-state index is 0.0701. The summed E-state index contributed by atoms with van der Waals surface area (Å²) in [5.74, 6) is 4.15. The number of nitrogens with one attached hydrogen (secondary N) is 1. The molecule has 0 radical (unpaired) electrons. The Morgan fingerprint density at radius 1 is 1.12 bits per heavy atom.